The Kier molecular flexibility index (Phi) is 8.75. The summed E-state index contributed by atoms with van der Waals surface area (Å²) in [6.07, 6.45) is 2.77. The predicted molar refractivity (Wildman–Crippen MR) is 132 cm³/mol. The Morgan fingerprint density at radius 2 is 1.53 bits per heavy atom. The van der Waals surface area contributed by atoms with Gasteiger partial charge in [-0.2, -0.15) is 0 Å². The first-order chi connectivity index (χ1) is 14.1. The van der Waals surface area contributed by atoms with Gasteiger partial charge in [0.05, 0.1) is 6.10 Å². The molecule has 0 bridgehead atoms. The largest absolute Gasteiger partial charge is 0.387 e. The lowest BCUT2D eigenvalue weighted by Crippen LogP contribution is -2.51. The third-order valence-corrected chi connectivity index (χ3v) is 13.8. The lowest BCUT2D eigenvalue weighted by molar-refractivity contribution is -0.0248. The average molecular weight is 433 g/mol. The molecule has 0 aliphatic rings. The van der Waals surface area contributed by atoms with Crippen LogP contribution in [0.3, 0.4) is 0 Å². The van der Waals surface area contributed by atoms with Gasteiger partial charge in [-0.05, 0) is 53.4 Å². The number of aromatic nitrogens is 1. The Hall–Kier alpha value is -1.14. The van der Waals surface area contributed by atoms with Crippen LogP contribution in [0.1, 0.15) is 79.9 Å². The summed E-state index contributed by atoms with van der Waals surface area (Å²) in [7, 11) is -1.86. The highest BCUT2D eigenvalue weighted by atomic mass is 28.3. The van der Waals surface area contributed by atoms with Crippen molar-refractivity contribution in [2.24, 2.45) is 0 Å². The van der Waals surface area contributed by atoms with Crippen LogP contribution in [0.4, 0.5) is 0 Å². The highest BCUT2D eigenvalue weighted by molar-refractivity contribution is 6.82. The summed E-state index contributed by atoms with van der Waals surface area (Å²) in [6, 6.07) is 8.54. The summed E-state index contributed by atoms with van der Waals surface area (Å²) >= 11 is 0. The molecule has 0 fully saturated rings. The fourth-order valence-corrected chi connectivity index (χ4v) is 12.5. The molecule has 2 unspecified atom stereocenters. The van der Waals surface area contributed by atoms with Crippen molar-refractivity contribution < 1.29 is 10.2 Å². The van der Waals surface area contributed by atoms with E-state index in [2.05, 4.69) is 77.1 Å². The van der Waals surface area contributed by atoms with Gasteiger partial charge < -0.3 is 14.4 Å². The van der Waals surface area contributed by atoms with Crippen molar-refractivity contribution in [3.8, 4) is 0 Å². The van der Waals surface area contributed by atoms with Crippen LogP contribution >= 0.6 is 0 Å². The molecular weight excluding hydrogens is 388 g/mol. The van der Waals surface area contributed by atoms with Crippen LogP contribution < -0.4 is 0 Å². The van der Waals surface area contributed by atoms with Crippen molar-refractivity contribution in [1.82, 2.24) is 9.13 Å². The first-order valence-electron chi connectivity index (χ1n) is 11.8. The molecule has 170 valence electrons. The molecule has 0 radical (unpaired) electrons. The summed E-state index contributed by atoms with van der Waals surface area (Å²) in [5.74, 6) is 0. The SMILES string of the molecule is CCCN(CC(O)c1cccc2c1ccn2[Si](C(C)C)(C(C)C)C(C)C)C(O)CC. The number of aliphatic hydroxyl groups is 2. The topological polar surface area (TPSA) is 48.6 Å². The molecule has 1 aromatic carbocycles. The summed E-state index contributed by atoms with van der Waals surface area (Å²) in [4.78, 5) is 2.00. The van der Waals surface area contributed by atoms with Crippen molar-refractivity contribution in [3.63, 3.8) is 0 Å². The van der Waals surface area contributed by atoms with Crippen molar-refractivity contribution in [3.05, 3.63) is 36.0 Å². The molecule has 2 atom stereocenters. The van der Waals surface area contributed by atoms with Gasteiger partial charge in [0.15, 0.2) is 8.24 Å². The minimum Gasteiger partial charge on any atom is -0.387 e. The summed E-state index contributed by atoms with van der Waals surface area (Å²) in [5.41, 5.74) is 4.05. The first-order valence-corrected chi connectivity index (χ1v) is 14.0. The van der Waals surface area contributed by atoms with Crippen molar-refractivity contribution in [2.45, 2.75) is 97.2 Å². The summed E-state index contributed by atoms with van der Waals surface area (Å²) < 4.78 is 2.60. The lowest BCUT2D eigenvalue weighted by Gasteiger charge is -2.44. The van der Waals surface area contributed by atoms with Gasteiger partial charge >= 0.3 is 0 Å². The van der Waals surface area contributed by atoms with Crippen LogP contribution in [0, 0.1) is 0 Å². The molecule has 0 saturated heterocycles. The fraction of sp³-hybridized carbons (Fsp3) is 0.680. The second-order valence-corrected chi connectivity index (χ2v) is 15.4. The molecule has 4 nitrogen and oxygen atoms in total. The monoisotopic (exact) mass is 432 g/mol. The van der Waals surface area contributed by atoms with E-state index in [1.807, 2.05) is 17.9 Å². The van der Waals surface area contributed by atoms with Crippen LogP contribution in [0.5, 0.6) is 0 Å². The van der Waals surface area contributed by atoms with Gasteiger partial charge in [0.1, 0.15) is 6.23 Å². The van der Waals surface area contributed by atoms with E-state index in [1.54, 1.807) is 0 Å². The van der Waals surface area contributed by atoms with Crippen LogP contribution in [0.25, 0.3) is 10.9 Å². The van der Waals surface area contributed by atoms with Gasteiger partial charge in [-0.25, -0.2) is 0 Å². The van der Waals surface area contributed by atoms with E-state index in [4.69, 9.17) is 0 Å². The van der Waals surface area contributed by atoms with Gasteiger partial charge in [-0.1, -0.05) is 67.5 Å². The molecule has 2 rings (SSSR count). The molecule has 1 aromatic heterocycles. The predicted octanol–water partition coefficient (Wildman–Crippen LogP) is 6.14. The van der Waals surface area contributed by atoms with Gasteiger partial charge in [0.25, 0.3) is 0 Å². The molecule has 30 heavy (non-hydrogen) atoms. The highest BCUT2D eigenvalue weighted by Crippen LogP contribution is 2.44. The molecule has 0 spiro atoms. The molecule has 2 aromatic rings. The molecule has 0 saturated carbocycles. The summed E-state index contributed by atoms with van der Waals surface area (Å²) in [6.45, 7) is 19.6. The normalized spacial score (nSPS) is 15.1. The van der Waals surface area contributed by atoms with Crippen LogP contribution in [-0.2, 0) is 0 Å². The standard InChI is InChI=1S/C25H44N2O2Si/c1-9-15-26(25(29)10-2)17-24(28)22-12-11-13-23-21(22)14-16-27(23)30(18(3)4,19(5)6)20(7)8/h11-14,16,18-20,24-25,28-29H,9-10,15,17H2,1-8H3. The van der Waals surface area contributed by atoms with Gasteiger partial charge in [-0.15, -0.1) is 0 Å². The van der Waals surface area contributed by atoms with Crippen LogP contribution in [-0.4, -0.2) is 46.9 Å². The molecule has 1 heterocycles. The molecule has 5 heteroatoms. The number of benzene rings is 1. The Morgan fingerprint density at radius 1 is 0.933 bits per heavy atom. The second kappa shape index (κ2) is 10.4. The van der Waals surface area contributed by atoms with E-state index in [0.29, 0.717) is 29.6 Å². The minimum absolute atomic E-state index is 0.453. The van der Waals surface area contributed by atoms with Crippen LogP contribution in [0.2, 0.25) is 16.6 Å². The fourth-order valence-electron chi connectivity index (χ4n) is 5.88. The van der Waals surface area contributed by atoms with E-state index in [9.17, 15) is 10.2 Å². The summed E-state index contributed by atoms with van der Waals surface area (Å²) in [5, 5.41) is 22.7. The number of hydrogen-bond donors (Lipinski definition) is 2. The Labute approximate surface area is 185 Å². The zero-order chi connectivity index (χ0) is 22.6. The minimum atomic E-state index is -1.86. The van der Waals surface area contributed by atoms with Gasteiger partial charge in [0, 0.05) is 24.0 Å². The van der Waals surface area contributed by atoms with Crippen molar-refractivity contribution in [2.75, 3.05) is 13.1 Å². The maximum Gasteiger partial charge on any atom is 0.169 e. The molecule has 0 aliphatic heterocycles. The highest BCUT2D eigenvalue weighted by Gasteiger charge is 2.45. The van der Waals surface area contributed by atoms with E-state index >= 15 is 0 Å². The number of fused-ring (bicyclic) bond motifs is 1. The van der Waals surface area contributed by atoms with Crippen molar-refractivity contribution in [1.29, 1.82) is 0 Å². The zero-order valence-electron chi connectivity index (χ0n) is 20.4. The maximum absolute atomic E-state index is 11.1. The van der Waals surface area contributed by atoms with Gasteiger partial charge in [0.2, 0.25) is 0 Å². The lowest BCUT2D eigenvalue weighted by atomic mass is 10.0. The third kappa shape index (κ3) is 4.54. The molecular formula is C25H44N2O2Si. The zero-order valence-corrected chi connectivity index (χ0v) is 21.4. The Balaban J connectivity index is 2.53. The molecule has 0 amide bonds. The number of aliphatic hydroxyl groups excluding tert-OH is 2. The average Bonchev–Trinajstić information content (AvgIpc) is 3.10. The molecule has 0 aliphatic carbocycles. The van der Waals surface area contributed by atoms with Crippen molar-refractivity contribution >= 4 is 19.1 Å². The Morgan fingerprint density at radius 3 is 2.03 bits per heavy atom. The van der Waals surface area contributed by atoms with E-state index in [1.165, 1.54) is 5.52 Å². The number of rotatable bonds is 11. The maximum atomic E-state index is 11.1. The Bertz CT molecular complexity index is 778. The van der Waals surface area contributed by atoms with Gasteiger partial charge in [-0.3, -0.25) is 4.90 Å². The van der Waals surface area contributed by atoms with Crippen LogP contribution in [0.15, 0.2) is 30.5 Å². The second-order valence-electron chi connectivity index (χ2n) is 9.72. The van der Waals surface area contributed by atoms with E-state index < -0.39 is 20.6 Å². The van der Waals surface area contributed by atoms with E-state index in [-0.39, 0.29) is 0 Å². The molecule has 2 N–H and O–H groups in total. The third-order valence-electron chi connectivity index (χ3n) is 7.02. The first kappa shape index (κ1) is 25.1. The van der Waals surface area contributed by atoms with E-state index in [0.717, 1.165) is 23.9 Å². The quantitative estimate of drug-likeness (QED) is 0.331. The number of hydrogen-bond acceptors (Lipinski definition) is 3. The smallest absolute Gasteiger partial charge is 0.169 e. The number of nitrogens with zero attached hydrogens (tertiary/aromatic N) is 2.